The van der Waals surface area contributed by atoms with Crippen molar-refractivity contribution >= 4 is 55.9 Å². The van der Waals surface area contributed by atoms with Gasteiger partial charge in [0.25, 0.3) is 0 Å². The van der Waals surface area contributed by atoms with Crippen molar-refractivity contribution in [2.24, 2.45) is 0 Å². The number of aromatic nitrogens is 1. The highest BCUT2D eigenvalue weighted by Crippen LogP contribution is 2.30. The van der Waals surface area contributed by atoms with Gasteiger partial charge in [0.15, 0.2) is 4.32 Å². The van der Waals surface area contributed by atoms with Gasteiger partial charge in [-0.05, 0) is 25.0 Å². The topological polar surface area (TPSA) is 19.4 Å². The molecule has 0 bridgehead atoms. The molecule has 1 aromatic heterocycles. The number of thiocarbonyl (C=S) groups is 1. The van der Waals surface area contributed by atoms with E-state index in [0.29, 0.717) is 4.32 Å². The van der Waals surface area contributed by atoms with Crippen molar-refractivity contribution in [3.63, 3.8) is 0 Å². The molecule has 0 radical (unpaired) electrons. The van der Waals surface area contributed by atoms with Gasteiger partial charge in [-0.1, -0.05) is 62.4 Å². The van der Waals surface area contributed by atoms with Crippen LogP contribution in [-0.4, -0.2) is 27.4 Å². The fourth-order valence-electron chi connectivity index (χ4n) is 2.27. The molecule has 6 heteroatoms. The van der Waals surface area contributed by atoms with Crippen LogP contribution in [0.2, 0.25) is 0 Å². The molecule has 1 heterocycles. The zero-order valence-corrected chi connectivity index (χ0v) is 15.7. The quantitative estimate of drug-likeness (QED) is 0.403. The standard InChI is InChI=1S/C16H23N3S3/c1-3-5-11-18(12-6-4-2)19(16(20)21)15-17-13-9-7-8-10-14(13)22-15/h7-10H,3-6,11-12H2,1-2H3,(H,20,21). The maximum absolute atomic E-state index is 5.40. The van der Waals surface area contributed by atoms with Crippen molar-refractivity contribution in [2.45, 2.75) is 39.5 Å². The van der Waals surface area contributed by atoms with E-state index in [4.69, 9.17) is 17.2 Å². The van der Waals surface area contributed by atoms with Crippen molar-refractivity contribution in [1.82, 2.24) is 9.99 Å². The van der Waals surface area contributed by atoms with E-state index < -0.39 is 0 Å². The normalized spacial score (nSPS) is 11.3. The Hall–Kier alpha value is -0.690. The molecular weight excluding hydrogens is 330 g/mol. The molecule has 0 amide bonds. The summed E-state index contributed by atoms with van der Waals surface area (Å²) in [6.07, 6.45) is 4.61. The van der Waals surface area contributed by atoms with E-state index in [9.17, 15) is 0 Å². The van der Waals surface area contributed by atoms with Crippen LogP contribution in [0.1, 0.15) is 39.5 Å². The third-order valence-electron chi connectivity index (χ3n) is 3.47. The smallest absolute Gasteiger partial charge is 0.207 e. The van der Waals surface area contributed by atoms with Crippen molar-refractivity contribution in [3.05, 3.63) is 24.3 Å². The Morgan fingerprint density at radius 1 is 1.18 bits per heavy atom. The maximum atomic E-state index is 5.40. The van der Waals surface area contributed by atoms with E-state index in [1.165, 1.54) is 4.70 Å². The fourth-order valence-corrected chi connectivity index (χ4v) is 3.81. The first-order valence-electron chi connectivity index (χ1n) is 7.80. The lowest BCUT2D eigenvalue weighted by atomic mass is 10.3. The Kier molecular flexibility index (Phi) is 7.08. The van der Waals surface area contributed by atoms with Gasteiger partial charge in [0.1, 0.15) is 0 Å². The molecule has 120 valence electrons. The first kappa shape index (κ1) is 17.7. The Morgan fingerprint density at radius 2 is 1.82 bits per heavy atom. The molecule has 2 rings (SSSR count). The van der Waals surface area contributed by atoms with Crippen LogP contribution in [0.4, 0.5) is 5.13 Å². The van der Waals surface area contributed by atoms with Crippen molar-refractivity contribution in [2.75, 3.05) is 18.1 Å². The van der Waals surface area contributed by atoms with Gasteiger partial charge in [0, 0.05) is 13.1 Å². The molecule has 2 aromatic rings. The molecule has 0 aliphatic rings. The van der Waals surface area contributed by atoms with E-state index in [1.54, 1.807) is 11.3 Å². The average molecular weight is 354 g/mol. The van der Waals surface area contributed by atoms with Gasteiger partial charge in [-0.15, -0.1) is 12.6 Å². The monoisotopic (exact) mass is 353 g/mol. The molecule has 1 aromatic carbocycles. The Morgan fingerprint density at radius 3 is 2.36 bits per heavy atom. The second kappa shape index (κ2) is 8.82. The molecular formula is C16H23N3S3. The van der Waals surface area contributed by atoms with Gasteiger partial charge in [0.05, 0.1) is 10.2 Å². The summed E-state index contributed by atoms with van der Waals surface area (Å²) in [6, 6.07) is 8.19. The second-order valence-corrected chi connectivity index (χ2v) is 7.34. The minimum absolute atomic E-state index is 0.561. The Labute approximate surface area is 147 Å². The fraction of sp³-hybridized carbons (Fsp3) is 0.500. The maximum Gasteiger partial charge on any atom is 0.207 e. The number of thiol groups is 1. The SMILES string of the molecule is CCCCN(CCCC)N(C(=S)S)c1nc2ccccc2s1. The lowest BCUT2D eigenvalue weighted by Crippen LogP contribution is -2.45. The minimum Gasteiger partial charge on any atom is -0.231 e. The number of hydrazine groups is 1. The molecule has 0 fully saturated rings. The van der Waals surface area contributed by atoms with E-state index in [0.717, 1.165) is 49.4 Å². The van der Waals surface area contributed by atoms with Gasteiger partial charge in [0.2, 0.25) is 5.13 Å². The number of thiazole rings is 1. The highest BCUT2D eigenvalue weighted by molar-refractivity contribution is 8.11. The molecule has 0 saturated carbocycles. The van der Waals surface area contributed by atoms with Gasteiger partial charge in [-0.25, -0.2) is 15.0 Å². The molecule has 0 unspecified atom stereocenters. The van der Waals surface area contributed by atoms with Gasteiger partial charge < -0.3 is 0 Å². The highest BCUT2D eigenvalue weighted by Gasteiger charge is 2.21. The number of hydrogen-bond donors (Lipinski definition) is 1. The molecule has 0 aliphatic carbocycles. The predicted molar refractivity (Wildman–Crippen MR) is 105 cm³/mol. The predicted octanol–water partition coefficient (Wildman–Crippen LogP) is 5.13. The summed E-state index contributed by atoms with van der Waals surface area (Å²) >= 11 is 11.5. The number of para-hydroxylation sites is 1. The summed E-state index contributed by atoms with van der Waals surface area (Å²) in [5, 5.41) is 5.21. The molecule has 0 spiro atoms. The van der Waals surface area contributed by atoms with E-state index in [-0.39, 0.29) is 0 Å². The summed E-state index contributed by atoms with van der Waals surface area (Å²) < 4.78 is 1.74. The third kappa shape index (κ3) is 4.41. The van der Waals surface area contributed by atoms with E-state index in [1.807, 2.05) is 23.2 Å². The number of rotatable bonds is 8. The zero-order chi connectivity index (χ0) is 15.9. The van der Waals surface area contributed by atoms with Gasteiger partial charge in [-0.2, -0.15) is 0 Å². The van der Waals surface area contributed by atoms with Crippen LogP contribution in [0, 0.1) is 0 Å². The second-order valence-electron chi connectivity index (χ2n) is 5.22. The molecule has 0 atom stereocenters. The van der Waals surface area contributed by atoms with Crippen LogP contribution in [-0.2, 0) is 0 Å². The summed E-state index contributed by atoms with van der Waals surface area (Å²) in [4.78, 5) is 4.74. The minimum atomic E-state index is 0.561. The number of nitrogens with zero attached hydrogens (tertiary/aromatic N) is 3. The number of fused-ring (bicyclic) bond motifs is 1. The van der Waals surface area contributed by atoms with E-state index >= 15 is 0 Å². The first-order valence-corrected chi connectivity index (χ1v) is 9.48. The summed E-state index contributed by atoms with van der Waals surface area (Å²) in [7, 11) is 0. The highest BCUT2D eigenvalue weighted by atomic mass is 32.1. The third-order valence-corrected chi connectivity index (χ3v) is 4.84. The summed E-state index contributed by atoms with van der Waals surface area (Å²) in [6.45, 7) is 6.37. The Bertz CT molecular complexity index is 570. The van der Waals surface area contributed by atoms with Crippen molar-refractivity contribution < 1.29 is 0 Å². The first-order chi connectivity index (χ1) is 10.7. The molecule has 22 heavy (non-hydrogen) atoms. The van der Waals surface area contributed by atoms with Crippen LogP contribution in [0.5, 0.6) is 0 Å². The largest absolute Gasteiger partial charge is 0.231 e. The summed E-state index contributed by atoms with van der Waals surface area (Å²) in [5.74, 6) is 0. The van der Waals surface area contributed by atoms with E-state index in [2.05, 4.69) is 37.6 Å². The number of unbranched alkanes of at least 4 members (excludes halogenated alkanes) is 2. The molecule has 0 N–H and O–H groups in total. The average Bonchev–Trinajstić information content (AvgIpc) is 2.92. The van der Waals surface area contributed by atoms with Crippen LogP contribution in [0.15, 0.2) is 24.3 Å². The van der Waals surface area contributed by atoms with Crippen molar-refractivity contribution in [1.29, 1.82) is 0 Å². The zero-order valence-electron chi connectivity index (χ0n) is 13.2. The summed E-state index contributed by atoms with van der Waals surface area (Å²) in [5.41, 5.74) is 1.02. The van der Waals surface area contributed by atoms with Crippen LogP contribution in [0.3, 0.4) is 0 Å². The molecule has 3 nitrogen and oxygen atoms in total. The van der Waals surface area contributed by atoms with Crippen LogP contribution in [0.25, 0.3) is 10.2 Å². The number of benzene rings is 1. The number of anilines is 1. The molecule has 0 saturated heterocycles. The van der Waals surface area contributed by atoms with Crippen molar-refractivity contribution in [3.8, 4) is 0 Å². The molecule has 0 aliphatic heterocycles. The van der Waals surface area contributed by atoms with Gasteiger partial charge in [-0.3, -0.25) is 0 Å². The lowest BCUT2D eigenvalue weighted by molar-refractivity contribution is 0.278. The number of hydrogen-bond acceptors (Lipinski definition) is 4. The van der Waals surface area contributed by atoms with Crippen LogP contribution >= 0.6 is 36.2 Å². The van der Waals surface area contributed by atoms with Crippen LogP contribution < -0.4 is 5.01 Å². The van der Waals surface area contributed by atoms with Gasteiger partial charge >= 0.3 is 0 Å². The lowest BCUT2D eigenvalue weighted by Gasteiger charge is -2.33. The Balaban J connectivity index is 2.30.